The van der Waals surface area contributed by atoms with Crippen LogP contribution < -0.4 is 10.1 Å². The van der Waals surface area contributed by atoms with Crippen molar-refractivity contribution in [3.05, 3.63) is 66.1 Å². The van der Waals surface area contributed by atoms with E-state index in [4.69, 9.17) is 4.74 Å². The standard InChI is InChI=1S/C21H23N5O2/c1-14(17-5-7-18(8-6-17)26-10-9-22-15(26)2)25-21(27)19-11-24-20(12-23-19)28-13-16-3-4-16/h5-12,14,16H,3-4,13H2,1-2H3,(H,25,27). The maximum atomic E-state index is 12.4. The molecule has 7 nitrogen and oxygen atoms in total. The van der Waals surface area contributed by atoms with E-state index in [1.54, 1.807) is 6.20 Å². The Hall–Kier alpha value is -3.22. The van der Waals surface area contributed by atoms with Crippen LogP contribution in [0.3, 0.4) is 0 Å². The van der Waals surface area contributed by atoms with Crippen molar-refractivity contribution < 1.29 is 9.53 Å². The maximum Gasteiger partial charge on any atom is 0.271 e. The van der Waals surface area contributed by atoms with Crippen LogP contribution in [0.4, 0.5) is 0 Å². The lowest BCUT2D eigenvalue weighted by atomic mass is 10.1. The minimum absolute atomic E-state index is 0.155. The van der Waals surface area contributed by atoms with E-state index < -0.39 is 0 Å². The zero-order valence-electron chi connectivity index (χ0n) is 16.0. The summed E-state index contributed by atoms with van der Waals surface area (Å²) in [6, 6.07) is 7.87. The summed E-state index contributed by atoms with van der Waals surface area (Å²) in [5.41, 5.74) is 2.31. The molecule has 7 heteroatoms. The van der Waals surface area contributed by atoms with Crippen LogP contribution in [0.2, 0.25) is 0 Å². The number of aromatic nitrogens is 4. The van der Waals surface area contributed by atoms with Crippen LogP contribution in [-0.4, -0.2) is 32.0 Å². The highest BCUT2D eigenvalue weighted by atomic mass is 16.5. The molecule has 1 amide bonds. The lowest BCUT2D eigenvalue weighted by Gasteiger charge is -2.15. The van der Waals surface area contributed by atoms with Crippen molar-refractivity contribution in [3.63, 3.8) is 0 Å². The number of amides is 1. The van der Waals surface area contributed by atoms with Crippen molar-refractivity contribution >= 4 is 5.91 Å². The van der Waals surface area contributed by atoms with E-state index in [-0.39, 0.29) is 17.6 Å². The van der Waals surface area contributed by atoms with Crippen molar-refractivity contribution in [2.24, 2.45) is 5.92 Å². The fourth-order valence-corrected chi connectivity index (χ4v) is 2.92. The van der Waals surface area contributed by atoms with Gasteiger partial charge in [-0.3, -0.25) is 4.79 Å². The fraction of sp³-hybridized carbons (Fsp3) is 0.333. The van der Waals surface area contributed by atoms with E-state index in [9.17, 15) is 4.79 Å². The number of benzene rings is 1. The number of ether oxygens (including phenoxy) is 1. The lowest BCUT2D eigenvalue weighted by molar-refractivity contribution is 0.0934. The molecular formula is C21H23N5O2. The number of nitrogens with zero attached hydrogens (tertiary/aromatic N) is 4. The molecule has 1 aliphatic rings. The van der Waals surface area contributed by atoms with E-state index in [0.29, 0.717) is 18.4 Å². The highest BCUT2D eigenvalue weighted by Gasteiger charge is 2.22. The van der Waals surface area contributed by atoms with Crippen molar-refractivity contribution in [3.8, 4) is 11.6 Å². The van der Waals surface area contributed by atoms with Gasteiger partial charge in [0.05, 0.1) is 25.0 Å². The quantitative estimate of drug-likeness (QED) is 0.683. The van der Waals surface area contributed by atoms with Gasteiger partial charge in [-0.1, -0.05) is 12.1 Å². The molecule has 0 spiro atoms. The first kappa shape index (κ1) is 18.2. The molecule has 0 saturated heterocycles. The zero-order chi connectivity index (χ0) is 19.5. The van der Waals surface area contributed by atoms with Gasteiger partial charge in [-0.2, -0.15) is 0 Å². The molecular weight excluding hydrogens is 354 g/mol. The molecule has 3 aromatic rings. The summed E-state index contributed by atoms with van der Waals surface area (Å²) in [4.78, 5) is 25.0. The molecule has 2 aromatic heterocycles. The van der Waals surface area contributed by atoms with E-state index in [2.05, 4.69) is 20.3 Å². The second-order valence-electron chi connectivity index (χ2n) is 7.13. The Labute approximate surface area is 163 Å². The number of nitrogens with one attached hydrogen (secondary N) is 1. The van der Waals surface area contributed by atoms with E-state index in [1.165, 1.54) is 25.2 Å². The Morgan fingerprint density at radius 2 is 2.00 bits per heavy atom. The second kappa shape index (κ2) is 7.80. The summed E-state index contributed by atoms with van der Waals surface area (Å²) >= 11 is 0. The maximum absolute atomic E-state index is 12.4. The molecule has 1 aromatic carbocycles. The number of carbonyl (C=O) groups excluding carboxylic acids is 1. The van der Waals surface area contributed by atoms with Crippen molar-refractivity contribution in [2.75, 3.05) is 6.61 Å². The molecule has 1 unspecified atom stereocenters. The third-order valence-corrected chi connectivity index (χ3v) is 4.87. The Morgan fingerprint density at radius 3 is 2.61 bits per heavy atom. The largest absolute Gasteiger partial charge is 0.476 e. The van der Waals surface area contributed by atoms with Crippen molar-refractivity contribution in [1.29, 1.82) is 0 Å². The monoisotopic (exact) mass is 377 g/mol. The van der Waals surface area contributed by atoms with Crippen molar-refractivity contribution in [1.82, 2.24) is 24.8 Å². The molecule has 2 heterocycles. The molecule has 4 rings (SSSR count). The van der Waals surface area contributed by atoms with Crippen molar-refractivity contribution in [2.45, 2.75) is 32.7 Å². The highest BCUT2D eigenvalue weighted by molar-refractivity contribution is 5.92. The number of hydrogen-bond acceptors (Lipinski definition) is 5. The van der Waals surface area contributed by atoms with Gasteiger partial charge in [0.1, 0.15) is 11.5 Å². The molecule has 0 radical (unpaired) electrons. The summed E-state index contributed by atoms with van der Waals surface area (Å²) in [6.45, 7) is 4.57. The molecule has 0 aliphatic heterocycles. The van der Waals surface area contributed by atoms with Gasteiger partial charge in [-0.05, 0) is 50.3 Å². The Balaban J connectivity index is 1.36. The minimum atomic E-state index is -0.261. The van der Waals surface area contributed by atoms with Gasteiger partial charge in [-0.25, -0.2) is 15.0 Å². The third kappa shape index (κ3) is 4.19. The summed E-state index contributed by atoms with van der Waals surface area (Å²) in [5, 5.41) is 2.96. The van der Waals surface area contributed by atoms with E-state index in [1.807, 2.05) is 48.9 Å². The van der Waals surface area contributed by atoms with Crippen LogP contribution in [0.15, 0.2) is 49.1 Å². The van der Waals surface area contributed by atoms with Crippen LogP contribution in [-0.2, 0) is 0 Å². The van der Waals surface area contributed by atoms with Gasteiger partial charge in [0.2, 0.25) is 5.88 Å². The molecule has 0 bridgehead atoms. The normalized spacial score (nSPS) is 14.5. The van der Waals surface area contributed by atoms with Gasteiger partial charge in [-0.15, -0.1) is 0 Å². The third-order valence-electron chi connectivity index (χ3n) is 4.87. The minimum Gasteiger partial charge on any atom is -0.476 e. The Morgan fingerprint density at radius 1 is 1.21 bits per heavy atom. The average molecular weight is 377 g/mol. The molecule has 28 heavy (non-hydrogen) atoms. The first-order valence-electron chi connectivity index (χ1n) is 9.46. The van der Waals surface area contributed by atoms with Crippen LogP contribution in [0.25, 0.3) is 5.69 Å². The molecule has 144 valence electrons. The van der Waals surface area contributed by atoms with Crippen LogP contribution in [0.5, 0.6) is 5.88 Å². The van der Waals surface area contributed by atoms with Crippen LogP contribution >= 0.6 is 0 Å². The van der Waals surface area contributed by atoms with Gasteiger partial charge in [0.15, 0.2) is 0 Å². The second-order valence-corrected chi connectivity index (χ2v) is 7.13. The number of rotatable bonds is 7. The van der Waals surface area contributed by atoms with Crippen LogP contribution in [0.1, 0.15) is 47.7 Å². The first-order chi connectivity index (χ1) is 13.6. The molecule has 1 atom stereocenters. The van der Waals surface area contributed by atoms with Crippen LogP contribution in [0, 0.1) is 12.8 Å². The number of imidazole rings is 1. The Bertz CT molecular complexity index is 946. The molecule has 1 saturated carbocycles. The first-order valence-corrected chi connectivity index (χ1v) is 9.46. The van der Waals surface area contributed by atoms with Gasteiger partial charge >= 0.3 is 0 Å². The van der Waals surface area contributed by atoms with E-state index >= 15 is 0 Å². The Kier molecular flexibility index (Phi) is 5.06. The smallest absolute Gasteiger partial charge is 0.271 e. The number of carbonyl (C=O) groups is 1. The highest BCUT2D eigenvalue weighted by Crippen LogP contribution is 2.29. The van der Waals surface area contributed by atoms with Gasteiger partial charge < -0.3 is 14.6 Å². The summed E-state index contributed by atoms with van der Waals surface area (Å²) in [5.74, 6) is 1.78. The fourth-order valence-electron chi connectivity index (χ4n) is 2.92. The zero-order valence-corrected chi connectivity index (χ0v) is 16.0. The predicted octanol–water partition coefficient (Wildman–Crippen LogP) is 3.25. The SMILES string of the molecule is Cc1nccn1-c1ccc(C(C)NC(=O)c2cnc(OCC3CC3)cn2)cc1. The lowest BCUT2D eigenvalue weighted by Crippen LogP contribution is -2.27. The molecule has 1 aliphatic carbocycles. The summed E-state index contributed by atoms with van der Waals surface area (Å²) in [7, 11) is 0. The molecule has 1 fully saturated rings. The van der Waals surface area contributed by atoms with Gasteiger partial charge in [0.25, 0.3) is 5.91 Å². The summed E-state index contributed by atoms with van der Waals surface area (Å²) in [6.07, 6.45) is 9.09. The van der Waals surface area contributed by atoms with Gasteiger partial charge in [0, 0.05) is 18.1 Å². The molecule has 1 N–H and O–H groups in total. The topological polar surface area (TPSA) is 81.9 Å². The predicted molar refractivity (Wildman–Crippen MR) is 104 cm³/mol. The number of hydrogen-bond donors (Lipinski definition) is 1. The average Bonchev–Trinajstić information content (AvgIpc) is 3.45. The number of aryl methyl sites for hydroxylation is 1. The van der Waals surface area contributed by atoms with E-state index in [0.717, 1.165) is 17.1 Å². The summed E-state index contributed by atoms with van der Waals surface area (Å²) < 4.78 is 7.56.